The van der Waals surface area contributed by atoms with Crippen molar-refractivity contribution >= 4 is 11.7 Å². The van der Waals surface area contributed by atoms with Gasteiger partial charge in [-0.2, -0.15) is 0 Å². The molecular weight excluding hydrogens is 801 g/mol. The molecule has 364 valence electrons. The van der Waals surface area contributed by atoms with Crippen LogP contribution in [0, 0.1) is 23.7 Å². The first-order valence-electron chi connectivity index (χ1n) is 23.7. The van der Waals surface area contributed by atoms with Gasteiger partial charge >= 0.3 is 5.97 Å². The van der Waals surface area contributed by atoms with E-state index in [4.69, 9.17) is 33.3 Å². The summed E-state index contributed by atoms with van der Waals surface area (Å²) in [5, 5.41) is 64.3. The molecule has 0 radical (unpaired) electrons. The highest BCUT2D eigenvalue weighted by molar-refractivity contribution is 5.88. The van der Waals surface area contributed by atoms with Crippen LogP contribution < -0.4 is 0 Å². The first-order valence-corrected chi connectivity index (χ1v) is 23.7. The Morgan fingerprint density at radius 3 is 2.02 bits per heavy atom. The number of ether oxygens (including phenoxy) is 6. The summed E-state index contributed by atoms with van der Waals surface area (Å²) in [4.78, 5) is 22.3. The summed E-state index contributed by atoms with van der Waals surface area (Å²) in [5.74, 6) is -3.90. The van der Waals surface area contributed by atoms with Crippen LogP contribution in [0.2, 0.25) is 0 Å². The number of likely N-dealkylation sites (N-methyl/N-ethyl adjacent to an activating group) is 1. The van der Waals surface area contributed by atoms with Gasteiger partial charge in [0.2, 0.25) is 0 Å². The molecule has 0 aromatic heterocycles. The molecular formula is C47H88N2O13. The van der Waals surface area contributed by atoms with Gasteiger partial charge < -0.3 is 63.7 Å². The highest BCUT2D eigenvalue weighted by atomic mass is 16.7. The number of aliphatic hydroxyl groups excluding tert-OH is 3. The van der Waals surface area contributed by atoms with Crippen molar-refractivity contribution < 1.29 is 63.6 Å². The van der Waals surface area contributed by atoms with E-state index in [9.17, 15) is 30.3 Å². The molecule has 0 saturated carbocycles. The Hall–Kier alpha value is -1.50. The van der Waals surface area contributed by atoms with E-state index in [0.29, 0.717) is 18.7 Å². The highest BCUT2D eigenvalue weighted by Crippen LogP contribution is 2.41. The first kappa shape index (κ1) is 54.8. The van der Waals surface area contributed by atoms with Crippen molar-refractivity contribution in [2.45, 2.75) is 237 Å². The predicted molar refractivity (Wildman–Crippen MR) is 237 cm³/mol. The van der Waals surface area contributed by atoms with Crippen LogP contribution in [-0.4, -0.2) is 154 Å². The van der Waals surface area contributed by atoms with E-state index >= 15 is 0 Å². The zero-order valence-corrected chi connectivity index (χ0v) is 40.7. The molecule has 0 amide bonds. The van der Waals surface area contributed by atoms with Crippen molar-refractivity contribution in [1.82, 2.24) is 4.90 Å². The van der Waals surface area contributed by atoms with E-state index in [0.717, 1.165) is 19.3 Å². The third-order valence-corrected chi connectivity index (χ3v) is 14.1. The Bertz CT molecular complexity index is 1370. The van der Waals surface area contributed by atoms with E-state index in [1.807, 2.05) is 39.8 Å². The number of unbranched alkanes of at least 4 members (excludes halogenated alkanes) is 7. The van der Waals surface area contributed by atoms with E-state index in [-0.39, 0.29) is 31.4 Å². The number of methoxy groups -OCH3 is 1. The Kier molecular flexibility index (Phi) is 21.5. The minimum absolute atomic E-state index is 0.0320. The molecule has 3 rings (SSSR count). The van der Waals surface area contributed by atoms with Gasteiger partial charge in [-0.3, -0.25) is 4.79 Å². The van der Waals surface area contributed by atoms with Crippen molar-refractivity contribution in [3.8, 4) is 0 Å². The quantitative estimate of drug-likeness (QED) is 0.0674. The van der Waals surface area contributed by atoms with Gasteiger partial charge in [0.25, 0.3) is 0 Å². The van der Waals surface area contributed by atoms with E-state index in [1.54, 1.807) is 41.5 Å². The van der Waals surface area contributed by atoms with Crippen LogP contribution >= 0.6 is 0 Å². The van der Waals surface area contributed by atoms with E-state index in [2.05, 4.69) is 12.1 Å². The summed E-state index contributed by atoms with van der Waals surface area (Å²) in [6.07, 6.45) is -0.0857. The molecule has 15 heteroatoms. The second-order valence-electron chi connectivity index (χ2n) is 19.9. The van der Waals surface area contributed by atoms with Crippen LogP contribution in [0.25, 0.3) is 0 Å². The van der Waals surface area contributed by atoms with Crippen LogP contribution in [0.15, 0.2) is 5.16 Å². The largest absolute Gasteiger partial charge is 0.459 e. The van der Waals surface area contributed by atoms with Crippen molar-refractivity contribution in [2.75, 3.05) is 27.8 Å². The fourth-order valence-electron chi connectivity index (χ4n) is 10.0. The minimum Gasteiger partial charge on any atom is -0.459 e. The number of carbonyl (C=O) groups is 1. The SMILES string of the molecule is CCCCCCCCCCO/N=C1\[C@H](C)CC(C)(O)[C@H](O[C@@H]2O[C@H](C)C[C@H](N(C)C)[C@H]2O)[C@@H](C)[C@H](OC2C[C@@](C)(OC)[C@@H](O)[C@H](C)O2)[C@@H](C)C(=O)O[C@@H](CC)[C@@](C)(O)[C@H](O)[C@@H]1C. The van der Waals surface area contributed by atoms with Gasteiger partial charge in [-0.25, -0.2) is 0 Å². The summed E-state index contributed by atoms with van der Waals surface area (Å²) in [6, 6.07) is -0.310. The van der Waals surface area contributed by atoms with E-state index < -0.39 is 102 Å². The fourth-order valence-corrected chi connectivity index (χ4v) is 10.0. The Balaban J connectivity index is 2.14. The lowest BCUT2D eigenvalue weighted by atomic mass is 9.73. The second kappa shape index (κ2) is 24.3. The molecule has 3 heterocycles. The zero-order valence-electron chi connectivity index (χ0n) is 40.7. The maximum atomic E-state index is 14.4. The van der Waals surface area contributed by atoms with Crippen LogP contribution in [-0.2, 0) is 38.1 Å². The fraction of sp³-hybridized carbons (Fsp3) is 0.957. The van der Waals surface area contributed by atoms with Crippen LogP contribution in [0.3, 0.4) is 0 Å². The summed E-state index contributed by atoms with van der Waals surface area (Å²) in [6.45, 7) is 19.9. The average molecular weight is 889 g/mol. The number of esters is 1. The Morgan fingerprint density at radius 1 is 0.823 bits per heavy atom. The highest BCUT2D eigenvalue weighted by Gasteiger charge is 2.53. The monoisotopic (exact) mass is 889 g/mol. The molecule has 2 unspecified atom stereocenters. The molecule has 62 heavy (non-hydrogen) atoms. The van der Waals surface area contributed by atoms with Crippen molar-refractivity contribution in [1.29, 1.82) is 0 Å². The number of cyclic esters (lactones) is 1. The van der Waals surface area contributed by atoms with Crippen LogP contribution in [0.1, 0.15) is 153 Å². The molecule has 3 fully saturated rings. The van der Waals surface area contributed by atoms with Gasteiger partial charge in [0.1, 0.15) is 30.5 Å². The summed E-state index contributed by atoms with van der Waals surface area (Å²) < 4.78 is 37.9. The lowest BCUT2D eigenvalue weighted by Crippen LogP contribution is -2.61. The summed E-state index contributed by atoms with van der Waals surface area (Å²) in [7, 11) is 5.27. The van der Waals surface area contributed by atoms with Crippen LogP contribution in [0.5, 0.6) is 0 Å². The molecule has 0 aromatic rings. The molecule has 0 spiro atoms. The van der Waals surface area contributed by atoms with Gasteiger partial charge in [0.05, 0.1) is 53.4 Å². The van der Waals surface area contributed by atoms with Gasteiger partial charge in [0.15, 0.2) is 12.6 Å². The molecule has 15 nitrogen and oxygen atoms in total. The number of rotatable bonds is 17. The minimum atomic E-state index is -1.92. The number of hydrogen-bond acceptors (Lipinski definition) is 15. The lowest BCUT2D eigenvalue weighted by Gasteiger charge is -2.49. The van der Waals surface area contributed by atoms with Crippen molar-refractivity contribution in [3.63, 3.8) is 0 Å². The smallest absolute Gasteiger partial charge is 0.311 e. The maximum Gasteiger partial charge on any atom is 0.311 e. The predicted octanol–water partition coefficient (Wildman–Crippen LogP) is 5.73. The number of carbonyl (C=O) groups excluding carboxylic acids is 1. The molecule has 0 aromatic carbocycles. The van der Waals surface area contributed by atoms with Gasteiger partial charge in [0, 0.05) is 37.3 Å². The van der Waals surface area contributed by atoms with Crippen LogP contribution in [0.4, 0.5) is 0 Å². The molecule has 5 N–H and O–H groups in total. The second-order valence-corrected chi connectivity index (χ2v) is 19.9. The van der Waals surface area contributed by atoms with Crippen molar-refractivity contribution in [3.05, 3.63) is 0 Å². The molecule has 18 atom stereocenters. The summed E-state index contributed by atoms with van der Waals surface area (Å²) >= 11 is 0. The van der Waals surface area contributed by atoms with Gasteiger partial charge in [-0.05, 0) is 87.7 Å². The molecule has 3 saturated heterocycles. The maximum absolute atomic E-state index is 14.4. The number of nitrogens with zero attached hydrogens (tertiary/aromatic N) is 2. The zero-order chi connectivity index (χ0) is 46.7. The lowest BCUT2D eigenvalue weighted by molar-refractivity contribution is -0.317. The summed E-state index contributed by atoms with van der Waals surface area (Å²) in [5.41, 5.74) is -4.27. The van der Waals surface area contributed by atoms with Gasteiger partial charge in [-0.1, -0.05) is 78.3 Å². The first-order chi connectivity index (χ1) is 29.0. The molecule has 3 aliphatic heterocycles. The topological polar surface area (TPSA) is 198 Å². The average Bonchev–Trinajstić information content (AvgIpc) is 3.21. The number of hydrogen-bond donors (Lipinski definition) is 5. The van der Waals surface area contributed by atoms with Gasteiger partial charge in [-0.15, -0.1) is 0 Å². The number of oxime groups is 1. The molecule has 0 aliphatic carbocycles. The Labute approximate surface area is 373 Å². The van der Waals surface area contributed by atoms with Crippen molar-refractivity contribution in [2.24, 2.45) is 28.8 Å². The Morgan fingerprint density at radius 2 is 1.44 bits per heavy atom. The normalized spacial score (nSPS) is 43.6. The molecule has 0 bridgehead atoms. The third kappa shape index (κ3) is 14.0. The standard InChI is InChI=1S/C47H88N2O13/c1-15-17-18-19-20-21-22-23-24-57-48-37-28(3)26-45(9,54)42(62-44-38(50)34(49(12)13)25-29(4)58-44)31(6)39(61-36-27-46(10,56-14)41(52)33(8)59-36)32(7)43(53)60-35(16-2)47(11,55)40(51)30(37)5/h28-36,38-42,44,50-52,54-55H,15-27H2,1-14H3/b48-37+/t28-,29-,30-,31+,32-,33+,34+,35+,36?,38-,39+,40-,41+,42-,44+,45?,46-,47-/m1/s1. The van der Waals surface area contributed by atoms with E-state index in [1.165, 1.54) is 46.1 Å². The molecule has 3 aliphatic rings. The number of aliphatic hydroxyl groups is 5. The third-order valence-electron chi connectivity index (χ3n) is 14.1.